The summed E-state index contributed by atoms with van der Waals surface area (Å²) in [5, 5.41) is 4.54. The second-order valence-corrected chi connectivity index (χ2v) is 6.94. The summed E-state index contributed by atoms with van der Waals surface area (Å²) in [6, 6.07) is 20.6. The quantitative estimate of drug-likeness (QED) is 0.529. The van der Waals surface area contributed by atoms with Crippen LogP contribution in [0.2, 0.25) is 0 Å². The van der Waals surface area contributed by atoms with E-state index >= 15 is 0 Å². The maximum absolute atomic E-state index is 6.05. The Morgan fingerprint density at radius 3 is 2.39 bits per heavy atom. The zero-order valence-corrected chi connectivity index (χ0v) is 16.3. The van der Waals surface area contributed by atoms with Gasteiger partial charge in [0, 0.05) is 28.2 Å². The molecule has 0 atom stereocenters. The average Bonchev–Trinajstić information content (AvgIpc) is 3.21. The van der Waals surface area contributed by atoms with Crippen molar-refractivity contribution in [3.63, 3.8) is 0 Å². The van der Waals surface area contributed by atoms with E-state index in [2.05, 4.69) is 65.8 Å². The Morgan fingerprint density at radius 2 is 1.68 bits per heavy atom. The Labute approximate surface area is 164 Å². The Balaban J connectivity index is 1.65. The highest BCUT2D eigenvalue weighted by Gasteiger charge is 2.10. The van der Waals surface area contributed by atoms with E-state index in [0.717, 1.165) is 33.9 Å². The summed E-state index contributed by atoms with van der Waals surface area (Å²) in [5.74, 6) is 0.363. The summed E-state index contributed by atoms with van der Waals surface area (Å²) in [6.07, 6.45) is 3.68. The van der Waals surface area contributed by atoms with Crippen LogP contribution < -0.4 is 5.73 Å². The standard InChI is InChI=1S/C23H23N5/c1-16-9-11-21(12-10-16)28-17(2)13-20(18(28)3)14-25-27-15-22(26-23(27)24)19-7-5-4-6-8-19/h4-15H,1-3H3,(H2,24,26). The van der Waals surface area contributed by atoms with Gasteiger partial charge in [-0.05, 0) is 39.0 Å². The number of rotatable bonds is 4. The normalized spacial score (nSPS) is 11.4. The number of nitrogens with two attached hydrogens (primary N) is 1. The fourth-order valence-corrected chi connectivity index (χ4v) is 3.36. The minimum Gasteiger partial charge on any atom is -0.368 e. The number of nitrogen functional groups attached to an aromatic ring is 1. The van der Waals surface area contributed by atoms with E-state index in [4.69, 9.17) is 5.73 Å². The highest BCUT2D eigenvalue weighted by molar-refractivity contribution is 5.82. The Hall–Kier alpha value is -3.60. The SMILES string of the molecule is Cc1ccc(-n2c(C)cc(C=Nn3cc(-c4ccccc4)nc3N)c2C)cc1. The molecule has 2 aromatic carbocycles. The molecule has 2 heterocycles. The topological polar surface area (TPSA) is 61.1 Å². The Bertz CT molecular complexity index is 1130. The molecule has 5 heteroatoms. The zero-order chi connectivity index (χ0) is 19.7. The lowest BCUT2D eigenvalue weighted by atomic mass is 10.2. The van der Waals surface area contributed by atoms with Crippen LogP contribution in [0.1, 0.15) is 22.5 Å². The molecule has 28 heavy (non-hydrogen) atoms. The molecular weight excluding hydrogens is 346 g/mol. The van der Waals surface area contributed by atoms with Crippen molar-refractivity contribution in [2.45, 2.75) is 20.8 Å². The number of hydrogen-bond donors (Lipinski definition) is 1. The predicted octanol–water partition coefficient (Wildman–Crippen LogP) is 4.73. The fraction of sp³-hybridized carbons (Fsp3) is 0.130. The molecule has 4 rings (SSSR count). The molecule has 0 saturated heterocycles. The van der Waals surface area contributed by atoms with E-state index in [1.54, 1.807) is 4.68 Å². The summed E-state index contributed by atoms with van der Waals surface area (Å²) < 4.78 is 3.84. The Kier molecular flexibility index (Phi) is 4.57. The molecule has 0 unspecified atom stereocenters. The largest absolute Gasteiger partial charge is 0.368 e. The van der Waals surface area contributed by atoms with Crippen LogP contribution in [-0.2, 0) is 0 Å². The monoisotopic (exact) mass is 369 g/mol. The molecule has 2 aromatic heterocycles. The third-order valence-electron chi connectivity index (χ3n) is 4.87. The van der Waals surface area contributed by atoms with Gasteiger partial charge in [0.15, 0.2) is 0 Å². The summed E-state index contributed by atoms with van der Waals surface area (Å²) in [6.45, 7) is 6.29. The first-order chi connectivity index (χ1) is 13.5. The highest BCUT2D eigenvalue weighted by Crippen LogP contribution is 2.21. The average molecular weight is 369 g/mol. The van der Waals surface area contributed by atoms with Gasteiger partial charge in [0.05, 0.1) is 18.1 Å². The number of anilines is 1. The molecule has 0 saturated carbocycles. The minimum atomic E-state index is 0.363. The number of benzene rings is 2. The van der Waals surface area contributed by atoms with E-state index in [-0.39, 0.29) is 0 Å². The number of aromatic nitrogens is 3. The van der Waals surface area contributed by atoms with Crippen molar-refractivity contribution in [2.24, 2.45) is 5.10 Å². The molecule has 0 spiro atoms. The van der Waals surface area contributed by atoms with E-state index in [1.807, 2.05) is 42.7 Å². The molecular formula is C23H23N5. The highest BCUT2D eigenvalue weighted by atomic mass is 15.4. The van der Waals surface area contributed by atoms with Crippen LogP contribution in [0.5, 0.6) is 0 Å². The number of imidazole rings is 1. The number of nitrogens with zero attached hydrogens (tertiary/aromatic N) is 4. The maximum atomic E-state index is 6.05. The molecule has 0 aliphatic heterocycles. The molecule has 0 bridgehead atoms. The predicted molar refractivity (Wildman–Crippen MR) is 115 cm³/mol. The molecule has 4 aromatic rings. The van der Waals surface area contributed by atoms with E-state index < -0.39 is 0 Å². The lowest BCUT2D eigenvalue weighted by Crippen LogP contribution is -2.00. The Morgan fingerprint density at radius 1 is 0.964 bits per heavy atom. The van der Waals surface area contributed by atoms with Gasteiger partial charge in [-0.2, -0.15) is 5.10 Å². The van der Waals surface area contributed by atoms with Crippen molar-refractivity contribution in [2.75, 3.05) is 5.73 Å². The molecule has 0 aliphatic rings. The van der Waals surface area contributed by atoms with Crippen molar-refractivity contribution in [3.8, 4) is 16.9 Å². The van der Waals surface area contributed by atoms with E-state index in [9.17, 15) is 0 Å². The van der Waals surface area contributed by atoms with Crippen molar-refractivity contribution in [3.05, 3.63) is 89.4 Å². The molecule has 0 radical (unpaired) electrons. The molecule has 0 aliphatic carbocycles. The van der Waals surface area contributed by atoms with Crippen LogP contribution in [0.3, 0.4) is 0 Å². The lowest BCUT2D eigenvalue weighted by molar-refractivity contribution is 0.897. The van der Waals surface area contributed by atoms with Crippen LogP contribution in [-0.4, -0.2) is 20.4 Å². The van der Waals surface area contributed by atoms with Gasteiger partial charge in [-0.3, -0.25) is 0 Å². The third kappa shape index (κ3) is 3.34. The van der Waals surface area contributed by atoms with Crippen molar-refractivity contribution >= 4 is 12.2 Å². The summed E-state index contributed by atoms with van der Waals surface area (Å²) in [5.41, 5.74) is 13.6. The molecule has 5 nitrogen and oxygen atoms in total. The van der Waals surface area contributed by atoms with Gasteiger partial charge < -0.3 is 10.3 Å². The van der Waals surface area contributed by atoms with Gasteiger partial charge in [-0.1, -0.05) is 48.0 Å². The number of aryl methyl sites for hydroxylation is 2. The summed E-state index contributed by atoms with van der Waals surface area (Å²) >= 11 is 0. The lowest BCUT2D eigenvalue weighted by Gasteiger charge is -2.09. The van der Waals surface area contributed by atoms with Crippen LogP contribution >= 0.6 is 0 Å². The third-order valence-corrected chi connectivity index (χ3v) is 4.87. The zero-order valence-electron chi connectivity index (χ0n) is 16.3. The minimum absolute atomic E-state index is 0.363. The van der Waals surface area contributed by atoms with Gasteiger partial charge >= 0.3 is 0 Å². The van der Waals surface area contributed by atoms with Crippen LogP contribution in [0.4, 0.5) is 5.95 Å². The first-order valence-corrected chi connectivity index (χ1v) is 9.23. The molecule has 0 amide bonds. The first-order valence-electron chi connectivity index (χ1n) is 9.23. The molecule has 2 N–H and O–H groups in total. The van der Waals surface area contributed by atoms with Crippen LogP contribution in [0, 0.1) is 20.8 Å². The van der Waals surface area contributed by atoms with E-state index in [1.165, 1.54) is 5.56 Å². The van der Waals surface area contributed by atoms with Gasteiger partial charge in [-0.15, -0.1) is 0 Å². The van der Waals surface area contributed by atoms with Gasteiger partial charge in [-0.25, -0.2) is 9.66 Å². The van der Waals surface area contributed by atoms with Crippen LogP contribution in [0.25, 0.3) is 16.9 Å². The first kappa shape index (κ1) is 17.8. The fourth-order valence-electron chi connectivity index (χ4n) is 3.36. The van der Waals surface area contributed by atoms with Crippen molar-refractivity contribution < 1.29 is 0 Å². The number of hydrogen-bond acceptors (Lipinski definition) is 3. The maximum Gasteiger partial charge on any atom is 0.221 e. The summed E-state index contributed by atoms with van der Waals surface area (Å²) in [4.78, 5) is 4.42. The van der Waals surface area contributed by atoms with Gasteiger partial charge in [0.25, 0.3) is 0 Å². The second-order valence-electron chi connectivity index (χ2n) is 6.94. The van der Waals surface area contributed by atoms with E-state index in [0.29, 0.717) is 5.95 Å². The van der Waals surface area contributed by atoms with Gasteiger partial charge in [0.1, 0.15) is 0 Å². The van der Waals surface area contributed by atoms with Crippen molar-refractivity contribution in [1.82, 2.24) is 14.2 Å². The molecule has 0 fully saturated rings. The van der Waals surface area contributed by atoms with Gasteiger partial charge in [0.2, 0.25) is 5.95 Å². The molecule has 140 valence electrons. The smallest absolute Gasteiger partial charge is 0.221 e. The second kappa shape index (κ2) is 7.19. The summed E-state index contributed by atoms with van der Waals surface area (Å²) in [7, 11) is 0. The van der Waals surface area contributed by atoms with Crippen LogP contribution in [0.15, 0.2) is 72.0 Å². The van der Waals surface area contributed by atoms with Crippen molar-refractivity contribution in [1.29, 1.82) is 0 Å².